The van der Waals surface area contributed by atoms with Gasteiger partial charge >= 0.3 is 0 Å². The molecule has 3 heteroatoms. The smallest absolute Gasteiger partial charge is 0.126 e. The van der Waals surface area contributed by atoms with Gasteiger partial charge in [0.05, 0.1) is 6.61 Å². The largest absolute Gasteiger partial charge is 0.493 e. The second kappa shape index (κ2) is 6.60. The van der Waals surface area contributed by atoms with Crippen LogP contribution in [0.25, 0.3) is 0 Å². The van der Waals surface area contributed by atoms with Crippen LogP contribution in [-0.2, 0) is 0 Å². The van der Waals surface area contributed by atoms with Crippen LogP contribution in [0.15, 0.2) is 24.3 Å². The quantitative estimate of drug-likeness (QED) is 0.738. The average Bonchev–Trinajstić information content (AvgIpc) is 2.27. The molecule has 17 heavy (non-hydrogen) atoms. The Labute approximate surface area is 103 Å². The molecule has 1 aromatic rings. The summed E-state index contributed by atoms with van der Waals surface area (Å²) in [6.45, 7) is 8.90. The number of hydrogen-bond acceptors (Lipinski definition) is 2. The van der Waals surface area contributed by atoms with Gasteiger partial charge in [-0.15, -0.1) is 0 Å². The van der Waals surface area contributed by atoms with E-state index >= 15 is 0 Å². The molecule has 1 aromatic carbocycles. The van der Waals surface area contributed by atoms with Gasteiger partial charge in [-0.1, -0.05) is 26.8 Å². The van der Waals surface area contributed by atoms with E-state index in [1.54, 1.807) is 12.1 Å². The van der Waals surface area contributed by atoms with Crippen LogP contribution in [0.5, 0.6) is 5.75 Å². The summed E-state index contributed by atoms with van der Waals surface area (Å²) < 4.78 is 18.5. The van der Waals surface area contributed by atoms with Crippen molar-refractivity contribution in [3.05, 3.63) is 30.1 Å². The molecular formula is C14H22FNO. The number of rotatable bonds is 7. The zero-order chi connectivity index (χ0) is 12.7. The lowest BCUT2D eigenvalue weighted by Gasteiger charge is -2.25. The summed E-state index contributed by atoms with van der Waals surface area (Å²) >= 11 is 0. The maximum Gasteiger partial charge on any atom is 0.126 e. The van der Waals surface area contributed by atoms with Crippen molar-refractivity contribution in [2.24, 2.45) is 5.41 Å². The molecule has 0 aliphatic heterocycles. The van der Waals surface area contributed by atoms with E-state index in [-0.39, 0.29) is 11.2 Å². The van der Waals surface area contributed by atoms with Gasteiger partial charge in [0.25, 0.3) is 0 Å². The molecule has 0 atom stereocenters. The monoisotopic (exact) mass is 239 g/mol. The Bertz CT molecular complexity index is 339. The highest BCUT2D eigenvalue weighted by atomic mass is 19.1. The van der Waals surface area contributed by atoms with Crippen molar-refractivity contribution in [2.45, 2.75) is 27.2 Å². The molecule has 0 aliphatic rings. The molecule has 0 unspecified atom stereocenters. The first kappa shape index (κ1) is 14.0. The first-order chi connectivity index (χ1) is 8.03. The van der Waals surface area contributed by atoms with Gasteiger partial charge in [0.2, 0.25) is 0 Å². The van der Waals surface area contributed by atoms with Crippen LogP contribution in [0.4, 0.5) is 4.39 Å². The average molecular weight is 239 g/mol. The summed E-state index contributed by atoms with van der Waals surface area (Å²) in [5, 5.41) is 3.37. The maximum atomic E-state index is 12.9. The fourth-order valence-corrected chi connectivity index (χ4v) is 1.49. The lowest BCUT2D eigenvalue weighted by atomic mass is 9.95. The highest BCUT2D eigenvalue weighted by Crippen LogP contribution is 2.18. The minimum absolute atomic E-state index is 0.0431. The lowest BCUT2D eigenvalue weighted by molar-refractivity contribution is 0.176. The third-order valence-electron chi connectivity index (χ3n) is 2.46. The van der Waals surface area contributed by atoms with E-state index in [4.69, 9.17) is 4.74 Å². The summed E-state index contributed by atoms with van der Waals surface area (Å²) in [4.78, 5) is 0. The van der Waals surface area contributed by atoms with E-state index in [2.05, 4.69) is 26.1 Å². The van der Waals surface area contributed by atoms with Crippen molar-refractivity contribution >= 4 is 0 Å². The van der Waals surface area contributed by atoms with Crippen molar-refractivity contribution in [1.82, 2.24) is 5.32 Å². The Kier molecular flexibility index (Phi) is 5.42. The molecule has 0 saturated heterocycles. The first-order valence-corrected chi connectivity index (χ1v) is 6.12. The topological polar surface area (TPSA) is 21.3 Å². The van der Waals surface area contributed by atoms with Crippen molar-refractivity contribution in [1.29, 1.82) is 0 Å². The van der Waals surface area contributed by atoms with Gasteiger partial charge in [-0.25, -0.2) is 4.39 Å². The predicted molar refractivity (Wildman–Crippen MR) is 68.8 cm³/mol. The van der Waals surface area contributed by atoms with Crippen molar-refractivity contribution in [2.75, 3.05) is 19.7 Å². The van der Waals surface area contributed by atoms with Crippen LogP contribution in [0.1, 0.15) is 27.2 Å². The summed E-state index contributed by atoms with van der Waals surface area (Å²) in [7, 11) is 0. The van der Waals surface area contributed by atoms with E-state index in [0.717, 1.165) is 19.5 Å². The minimum Gasteiger partial charge on any atom is -0.493 e. The Morgan fingerprint density at radius 2 is 2.12 bits per heavy atom. The number of ether oxygens (including phenoxy) is 1. The van der Waals surface area contributed by atoms with Crippen LogP contribution in [0.3, 0.4) is 0 Å². The molecule has 0 saturated carbocycles. The second-order valence-electron chi connectivity index (χ2n) is 5.09. The third-order valence-corrected chi connectivity index (χ3v) is 2.46. The molecule has 0 aromatic heterocycles. The SMILES string of the molecule is CCCNCC(C)(C)COc1cccc(F)c1. The molecule has 2 nitrogen and oxygen atoms in total. The fraction of sp³-hybridized carbons (Fsp3) is 0.571. The van der Waals surface area contributed by atoms with E-state index in [1.807, 2.05) is 0 Å². The van der Waals surface area contributed by atoms with Crippen LogP contribution in [-0.4, -0.2) is 19.7 Å². The number of nitrogens with one attached hydrogen (secondary N) is 1. The maximum absolute atomic E-state index is 12.9. The molecule has 0 bridgehead atoms. The second-order valence-corrected chi connectivity index (χ2v) is 5.09. The molecule has 96 valence electrons. The molecule has 1 rings (SSSR count). The van der Waals surface area contributed by atoms with Gasteiger partial charge in [0, 0.05) is 18.0 Å². The molecule has 0 spiro atoms. The number of halogens is 1. The normalized spacial score (nSPS) is 11.5. The Balaban J connectivity index is 2.38. The molecule has 0 heterocycles. The molecule has 0 fully saturated rings. The first-order valence-electron chi connectivity index (χ1n) is 6.12. The highest BCUT2D eigenvalue weighted by Gasteiger charge is 2.18. The van der Waals surface area contributed by atoms with Crippen LogP contribution < -0.4 is 10.1 Å². The minimum atomic E-state index is -0.260. The van der Waals surface area contributed by atoms with E-state index in [1.165, 1.54) is 12.1 Å². The summed E-state index contributed by atoms with van der Waals surface area (Å²) in [5.74, 6) is 0.331. The van der Waals surface area contributed by atoms with Gasteiger partial charge < -0.3 is 10.1 Å². The number of hydrogen-bond donors (Lipinski definition) is 1. The van der Waals surface area contributed by atoms with Crippen molar-refractivity contribution < 1.29 is 9.13 Å². The van der Waals surface area contributed by atoms with E-state index in [0.29, 0.717) is 12.4 Å². The van der Waals surface area contributed by atoms with Gasteiger partial charge in [-0.2, -0.15) is 0 Å². The summed E-state index contributed by atoms with van der Waals surface area (Å²) in [5.41, 5.74) is 0.0431. The highest BCUT2D eigenvalue weighted by molar-refractivity contribution is 5.22. The Hall–Kier alpha value is -1.09. The van der Waals surface area contributed by atoms with Gasteiger partial charge in [0.15, 0.2) is 0 Å². The van der Waals surface area contributed by atoms with Gasteiger partial charge in [-0.05, 0) is 25.1 Å². The lowest BCUT2D eigenvalue weighted by Crippen LogP contribution is -2.34. The molecule has 1 N–H and O–H groups in total. The Morgan fingerprint density at radius 3 is 2.76 bits per heavy atom. The Morgan fingerprint density at radius 1 is 1.35 bits per heavy atom. The van der Waals surface area contributed by atoms with Gasteiger partial charge in [-0.3, -0.25) is 0 Å². The van der Waals surface area contributed by atoms with Crippen LogP contribution in [0.2, 0.25) is 0 Å². The third kappa shape index (κ3) is 5.68. The fourth-order valence-electron chi connectivity index (χ4n) is 1.49. The molecule has 0 aliphatic carbocycles. The molecule has 0 amide bonds. The summed E-state index contributed by atoms with van der Waals surface area (Å²) in [6, 6.07) is 6.27. The molecular weight excluding hydrogens is 217 g/mol. The summed E-state index contributed by atoms with van der Waals surface area (Å²) in [6.07, 6.45) is 1.13. The van der Waals surface area contributed by atoms with Crippen LogP contribution >= 0.6 is 0 Å². The van der Waals surface area contributed by atoms with E-state index in [9.17, 15) is 4.39 Å². The zero-order valence-electron chi connectivity index (χ0n) is 10.9. The zero-order valence-corrected chi connectivity index (χ0v) is 10.9. The van der Waals surface area contributed by atoms with Crippen molar-refractivity contribution in [3.8, 4) is 5.75 Å². The van der Waals surface area contributed by atoms with Crippen molar-refractivity contribution in [3.63, 3.8) is 0 Å². The molecule has 0 radical (unpaired) electrons. The predicted octanol–water partition coefficient (Wildman–Crippen LogP) is 3.23. The number of benzene rings is 1. The van der Waals surface area contributed by atoms with Gasteiger partial charge in [0.1, 0.15) is 11.6 Å². The van der Waals surface area contributed by atoms with Crippen LogP contribution in [0, 0.1) is 11.2 Å². The van der Waals surface area contributed by atoms with E-state index < -0.39 is 0 Å². The standard InChI is InChI=1S/C14H22FNO/c1-4-8-16-10-14(2,3)11-17-13-7-5-6-12(15)9-13/h5-7,9,16H,4,8,10-11H2,1-3H3.